The number of nitrogens with zero attached hydrogens (tertiary/aromatic N) is 1. The van der Waals surface area contributed by atoms with Crippen molar-refractivity contribution in [3.63, 3.8) is 0 Å². The summed E-state index contributed by atoms with van der Waals surface area (Å²) in [7, 11) is 0. The van der Waals surface area contributed by atoms with Crippen LogP contribution in [0.1, 0.15) is 18.9 Å². The van der Waals surface area contributed by atoms with Gasteiger partial charge < -0.3 is 0 Å². The van der Waals surface area contributed by atoms with Crippen LogP contribution in [0.15, 0.2) is 18.2 Å². The van der Waals surface area contributed by atoms with Gasteiger partial charge in [-0.15, -0.1) is 0 Å². The zero-order chi connectivity index (χ0) is 12.0. The fourth-order valence-electron chi connectivity index (χ4n) is 1.52. The van der Waals surface area contributed by atoms with Crippen molar-refractivity contribution in [1.29, 1.82) is 0 Å². The molecule has 0 heterocycles. The molecular formula is C12H16BrCl2N. The minimum absolute atomic E-state index is 0.692. The number of rotatable bonds is 6. The van der Waals surface area contributed by atoms with Crippen LogP contribution in [-0.2, 0) is 6.54 Å². The van der Waals surface area contributed by atoms with Gasteiger partial charge in [0, 0.05) is 21.9 Å². The zero-order valence-corrected chi connectivity index (χ0v) is 12.4. The molecule has 0 radical (unpaired) electrons. The summed E-state index contributed by atoms with van der Waals surface area (Å²) in [5, 5.41) is 2.49. The Balaban J connectivity index is 2.62. The number of hydrogen-bond donors (Lipinski definition) is 0. The minimum Gasteiger partial charge on any atom is -0.299 e. The Morgan fingerprint density at radius 1 is 1.31 bits per heavy atom. The van der Waals surface area contributed by atoms with Crippen LogP contribution < -0.4 is 0 Å². The molecule has 0 bridgehead atoms. The largest absolute Gasteiger partial charge is 0.299 e. The van der Waals surface area contributed by atoms with E-state index in [0.717, 1.165) is 42.0 Å². The fourth-order valence-corrected chi connectivity index (χ4v) is 2.24. The Labute approximate surface area is 116 Å². The molecule has 0 spiro atoms. The molecule has 1 aromatic rings. The average molecular weight is 325 g/mol. The van der Waals surface area contributed by atoms with Crippen molar-refractivity contribution in [2.45, 2.75) is 19.9 Å². The van der Waals surface area contributed by atoms with Crippen molar-refractivity contribution in [1.82, 2.24) is 4.90 Å². The molecular weight excluding hydrogens is 309 g/mol. The first kappa shape index (κ1) is 14.3. The van der Waals surface area contributed by atoms with Gasteiger partial charge in [0.15, 0.2) is 0 Å². The molecule has 0 atom stereocenters. The summed E-state index contributed by atoms with van der Waals surface area (Å²) in [6, 6.07) is 5.69. The summed E-state index contributed by atoms with van der Waals surface area (Å²) in [6.07, 6.45) is 1.15. The van der Waals surface area contributed by atoms with Crippen molar-refractivity contribution < 1.29 is 0 Å². The molecule has 1 rings (SSSR count). The van der Waals surface area contributed by atoms with E-state index in [0.29, 0.717) is 5.02 Å². The van der Waals surface area contributed by atoms with Gasteiger partial charge in [0.2, 0.25) is 0 Å². The molecule has 1 aromatic carbocycles. The van der Waals surface area contributed by atoms with E-state index in [9.17, 15) is 0 Å². The van der Waals surface area contributed by atoms with Crippen molar-refractivity contribution in [3.8, 4) is 0 Å². The van der Waals surface area contributed by atoms with E-state index in [-0.39, 0.29) is 0 Å². The molecule has 90 valence electrons. The maximum Gasteiger partial charge on any atom is 0.0465 e. The number of benzene rings is 1. The van der Waals surface area contributed by atoms with Gasteiger partial charge in [-0.1, -0.05) is 52.1 Å². The monoisotopic (exact) mass is 323 g/mol. The maximum atomic E-state index is 6.14. The van der Waals surface area contributed by atoms with E-state index >= 15 is 0 Å². The van der Waals surface area contributed by atoms with Crippen LogP contribution in [0.3, 0.4) is 0 Å². The van der Waals surface area contributed by atoms with E-state index in [1.807, 2.05) is 12.1 Å². The van der Waals surface area contributed by atoms with Gasteiger partial charge >= 0.3 is 0 Å². The lowest BCUT2D eigenvalue weighted by atomic mass is 10.2. The number of hydrogen-bond acceptors (Lipinski definition) is 1. The van der Waals surface area contributed by atoms with E-state index < -0.39 is 0 Å². The van der Waals surface area contributed by atoms with Crippen LogP contribution in [0.25, 0.3) is 0 Å². The van der Waals surface area contributed by atoms with Crippen LogP contribution in [0.2, 0.25) is 10.0 Å². The Morgan fingerprint density at radius 3 is 2.62 bits per heavy atom. The predicted molar refractivity (Wildman–Crippen MR) is 75.8 cm³/mol. The van der Waals surface area contributed by atoms with E-state index in [2.05, 4.69) is 27.8 Å². The molecule has 0 unspecified atom stereocenters. The molecule has 0 aromatic heterocycles. The van der Waals surface area contributed by atoms with E-state index in [4.69, 9.17) is 23.2 Å². The lowest BCUT2D eigenvalue weighted by Crippen LogP contribution is -2.24. The lowest BCUT2D eigenvalue weighted by molar-refractivity contribution is 0.282. The molecule has 1 nitrogen and oxygen atoms in total. The van der Waals surface area contributed by atoms with E-state index in [1.54, 1.807) is 6.07 Å². The average Bonchev–Trinajstić information content (AvgIpc) is 2.27. The summed E-state index contributed by atoms with van der Waals surface area (Å²) in [4.78, 5) is 2.37. The number of halogens is 3. The van der Waals surface area contributed by atoms with Crippen molar-refractivity contribution >= 4 is 39.1 Å². The first-order valence-electron chi connectivity index (χ1n) is 5.39. The topological polar surface area (TPSA) is 3.24 Å². The molecule has 0 saturated carbocycles. The zero-order valence-electron chi connectivity index (χ0n) is 9.35. The van der Waals surface area contributed by atoms with Crippen molar-refractivity contribution in [2.24, 2.45) is 0 Å². The van der Waals surface area contributed by atoms with Gasteiger partial charge in [-0.3, -0.25) is 4.90 Å². The number of alkyl halides is 1. The Hall–Kier alpha value is 0.240. The first-order valence-corrected chi connectivity index (χ1v) is 7.27. The molecule has 0 aliphatic heterocycles. The molecule has 0 amide bonds. The van der Waals surface area contributed by atoms with Crippen LogP contribution >= 0.6 is 39.1 Å². The van der Waals surface area contributed by atoms with Gasteiger partial charge in [-0.2, -0.15) is 0 Å². The third kappa shape index (κ3) is 4.62. The summed E-state index contributed by atoms with van der Waals surface area (Å²) >= 11 is 15.5. The maximum absolute atomic E-state index is 6.14. The SMILES string of the molecule is CCN(CCCBr)Cc1ccc(Cl)cc1Cl. The van der Waals surface area contributed by atoms with Crippen LogP contribution in [0.5, 0.6) is 0 Å². The summed E-state index contributed by atoms with van der Waals surface area (Å²) < 4.78 is 0. The smallest absolute Gasteiger partial charge is 0.0465 e. The van der Waals surface area contributed by atoms with Crippen molar-refractivity contribution in [3.05, 3.63) is 33.8 Å². The molecule has 0 N–H and O–H groups in total. The van der Waals surface area contributed by atoms with Gasteiger partial charge in [0.1, 0.15) is 0 Å². The van der Waals surface area contributed by atoms with Gasteiger partial charge in [0.25, 0.3) is 0 Å². The summed E-state index contributed by atoms with van der Waals surface area (Å²) in [6.45, 7) is 5.17. The minimum atomic E-state index is 0.692. The molecule has 0 aliphatic carbocycles. The summed E-state index contributed by atoms with van der Waals surface area (Å²) in [5.74, 6) is 0. The second-order valence-corrected chi connectivity index (χ2v) is 5.28. The highest BCUT2D eigenvalue weighted by Crippen LogP contribution is 2.22. The van der Waals surface area contributed by atoms with Gasteiger partial charge in [-0.25, -0.2) is 0 Å². The highest BCUT2D eigenvalue weighted by Gasteiger charge is 2.06. The first-order chi connectivity index (χ1) is 7.67. The van der Waals surface area contributed by atoms with Gasteiger partial charge in [0.05, 0.1) is 0 Å². The van der Waals surface area contributed by atoms with Gasteiger partial charge in [-0.05, 0) is 37.2 Å². The molecule has 0 aliphatic rings. The highest BCUT2D eigenvalue weighted by molar-refractivity contribution is 9.09. The molecule has 0 fully saturated rings. The summed E-state index contributed by atoms with van der Waals surface area (Å²) in [5.41, 5.74) is 1.14. The lowest BCUT2D eigenvalue weighted by Gasteiger charge is -2.20. The third-order valence-corrected chi connectivity index (χ3v) is 3.61. The molecule has 4 heteroatoms. The van der Waals surface area contributed by atoms with Crippen LogP contribution in [0, 0.1) is 0 Å². The van der Waals surface area contributed by atoms with Crippen LogP contribution in [0.4, 0.5) is 0 Å². The normalized spacial score (nSPS) is 11.1. The van der Waals surface area contributed by atoms with Crippen LogP contribution in [-0.4, -0.2) is 23.3 Å². The Bertz CT molecular complexity index is 331. The molecule has 16 heavy (non-hydrogen) atoms. The quantitative estimate of drug-likeness (QED) is 0.691. The standard InChI is InChI=1S/C12H16BrCl2N/c1-2-16(7-3-6-13)9-10-4-5-11(14)8-12(10)15/h4-5,8H,2-3,6-7,9H2,1H3. The van der Waals surface area contributed by atoms with E-state index in [1.165, 1.54) is 0 Å². The highest BCUT2D eigenvalue weighted by atomic mass is 79.9. The molecule has 0 saturated heterocycles. The Morgan fingerprint density at radius 2 is 2.06 bits per heavy atom. The predicted octanol–water partition coefficient (Wildman–Crippen LogP) is 4.60. The second-order valence-electron chi connectivity index (χ2n) is 3.65. The van der Waals surface area contributed by atoms with Crippen molar-refractivity contribution in [2.75, 3.05) is 18.4 Å². The Kier molecular flexibility index (Phi) is 6.74. The second kappa shape index (κ2) is 7.54. The third-order valence-electron chi connectivity index (χ3n) is 2.46. The fraction of sp³-hybridized carbons (Fsp3) is 0.500.